The molecule has 4 nitrogen and oxygen atoms in total. The summed E-state index contributed by atoms with van der Waals surface area (Å²) in [5.41, 5.74) is 0. The molecule has 1 aliphatic rings. The SMILES string of the molecule is CCOCC(=O)N(C)CCC1CCCCN1. The zero-order valence-corrected chi connectivity index (χ0v) is 10.5. The maximum atomic E-state index is 11.6. The highest BCUT2D eigenvalue weighted by atomic mass is 16.5. The predicted molar refractivity (Wildman–Crippen MR) is 64.4 cm³/mol. The summed E-state index contributed by atoms with van der Waals surface area (Å²) in [5.74, 6) is 0.0812. The number of piperidine rings is 1. The molecule has 4 heteroatoms. The highest BCUT2D eigenvalue weighted by Crippen LogP contribution is 2.10. The van der Waals surface area contributed by atoms with Crippen LogP contribution in [0.4, 0.5) is 0 Å². The van der Waals surface area contributed by atoms with Crippen LogP contribution in [0.5, 0.6) is 0 Å². The molecular weight excluding hydrogens is 204 g/mol. The Kier molecular flexibility index (Phi) is 6.42. The zero-order chi connectivity index (χ0) is 11.8. The van der Waals surface area contributed by atoms with E-state index < -0.39 is 0 Å². The Hall–Kier alpha value is -0.610. The van der Waals surface area contributed by atoms with Gasteiger partial charge in [0.05, 0.1) is 0 Å². The minimum absolute atomic E-state index is 0.0812. The summed E-state index contributed by atoms with van der Waals surface area (Å²) >= 11 is 0. The van der Waals surface area contributed by atoms with Crippen molar-refractivity contribution in [3.63, 3.8) is 0 Å². The van der Waals surface area contributed by atoms with Crippen LogP contribution in [-0.4, -0.2) is 50.2 Å². The number of amides is 1. The molecule has 16 heavy (non-hydrogen) atoms. The van der Waals surface area contributed by atoms with E-state index in [-0.39, 0.29) is 12.5 Å². The molecule has 1 rings (SSSR count). The molecule has 0 aromatic heterocycles. The molecule has 0 radical (unpaired) electrons. The average Bonchev–Trinajstić information content (AvgIpc) is 2.34. The van der Waals surface area contributed by atoms with Crippen LogP contribution in [0.25, 0.3) is 0 Å². The van der Waals surface area contributed by atoms with Crippen LogP contribution >= 0.6 is 0 Å². The Morgan fingerprint density at radius 1 is 1.50 bits per heavy atom. The number of hydrogen-bond acceptors (Lipinski definition) is 3. The van der Waals surface area contributed by atoms with E-state index in [1.54, 1.807) is 4.90 Å². The topological polar surface area (TPSA) is 41.6 Å². The molecule has 1 fully saturated rings. The van der Waals surface area contributed by atoms with Crippen molar-refractivity contribution in [3.8, 4) is 0 Å². The molecule has 0 aliphatic carbocycles. The van der Waals surface area contributed by atoms with Crippen molar-refractivity contribution in [1.29, 1.82) is 0 Å². The van der Waals surface area contributed by atoms with Gasteiger partial charge >= 0.3 is 0 Å². The van der Waals surface area contributed by atoms with E-state index in [1.807, 2.05) is 14.0 Å². The molecule has 94 valence electrons. The van der Waals surface area contributed by atoms with Crippen LogP contribution in [0.2, 0.25) is 0 Å². The van der Waals surface area contributed by atoms with Crippen molar-refractivity contribution in [2.45, 2.75) is 38.6 Å². The van der Waals surface area contributed by atoms with E-state index in [1.165, 1.54) is 19.3 Å². The minimum Gasteiger partial charge on any atom is -0.372 e. The van der Waals surface area contributed by atoms with Gasteiger partial charge in [-0.25, -0.2) is 0 Å². The van der Waals surface area contributed by atoms with Crippen LogP contribution in [0.1, 0.15) is 32.6 Å². The van der Waals surface area contributed by atoms with Crippen molar-refractivity contribution >= 4 is 5.91 Å². The standard InChI is InChI=1S/C12H24N2O2/c1-3-16-10-12(15)14(2)9-7-11-6-4-5-8-13-11/h11,13H,3-10H2,1-2H3. The Labute approximate surface area is 98.3 Å². The molecule has 0 saturated carbocycles. The summed E-state index contributed by atoms with van der Waals surface area (Å²) in [4.78, 5) is 13.3. The summed E-state index contributed by atoms with van der Waals surface area (Å²) in [6, 6.07) is 0.594. The van der Waals surface area contributed by atoms with Crippen LogP contribution in [-0.2, 0) is 9.53 Å². The number of nitrogens with zero attached hydrogens (tertiary/aromatic N) is 1. The van der Waals surface area contributed by atoms with Gasteiger partial charge in [0, 0.05) is 26.2 Å². The molecule has 1 heterocycles. The number of nitrogens with one attached hydrogen (secondary N) is 1. The first-order valence-corrected chi connectivity index (χ1v) is 6.29. The lowest BCUT2D eigenvalue weighted by Gasteiger charge is -2.26. The third-order valence-electron chi connectivity index (χ3n) is 3.08. The number of carbonyl (C=O) groups excluding carboxylic acids is 1. The Morgan fingerprint density at radius 2 is 2.31 bits per heavy atom. The second kappa shape index (κ2) is 7.63. The Morgan fingerprint density at radius 3 is 2.94 bits per heavy atom. The number of ether oxygens (including phenoxy) is 1. The predicted octanol–water partition coefficient (Wildman–Crippen LogP) is 1.01. The van der Waals surface area contributed by atoms with Gasteiger partial charge in [-0.05, 0) is 32.7 Å². The van der Waals surface area contributed by atoms with E-state index in [9.17, 15) is 4.79 Å². The van der Waals surface area contributed by atoms with Gasteiger partial charge in [0.25, 0.3) is 0 Å². The van der Waals surface area contributed by atoms with E-state index in [0.29, 0.717) is 12.6 Å². The first-order chi connectivity index (χ1) is 7.74. The molecule has 1 aliphatic heterocycles. The second-order valence-corrected chi connectivity index (χ2v) is 4.39. The molecule has 1 N–H and O–H groups in total. The first kappa shape index (κ1) is 13.5. The fraction of sp³-hybridized carbons (Fsp3) is 0.917. The lowest BCUT2D eigenvalue weighted by molar-refractivity contribution is -0.134. The van der Waals surface area contributed by atoms with Crippen molar-refractivity contribution in [3.05, 3.63) is 0 Å². The van der Waals surface area contributed by atoms with Crippen molar-refractivity contribution in [1.82, 2.24) is 10.2 Å². The maximum Gasteiger partial charge on any atom is 0.248 e. The average molecular weight is 228 g/mol. The number of likely N-dealkylation sites (N-methyl/N-ethyl adjacent to an activating group) is 1. The normalized spacial score (nSPS) is 20.8. The summed E-state index contributed by atoms with van der Waals surface area (Å²) in [6.07, 6.45) is 4.89. The summed E-state index contributed by atoms with van der Waals surface area (Å²) in [7, 11) is 1.85. The maximum absolute atomic E-state index is 11.6. The molecule has 0 spiro atoms. The van der Waals surface area contributed by atoms with Gasteiger partial charge in [-0.15, -0.1) is 0 Å². The first-order valence-electron chi connectivity index (χ1n) is 6.29. The summed E-state index contributed by atoms with van der Waals surface area (Å²) in [6.45, 7) is 4.67. The van der Waals surface area contributed by atoms with Crippen LogP contribution in [0, 0.1) is 0 Å². The molecule has 0 aromatic carbocycles. The number of hydrogen-bond donors (Lipinski definition) is 1. The highest BCUT2D eigenvalue weighted by molar-refractivity contribution is 5.77. The molecule has 1 unspecified atom stereocenters. The monoisotopic (exact) mass is 228 g/mol. The molecular formula is C12H24N2O2. The zero-order valence-electron chi connectivity index (χ0n) is 10.5. The van der Waals surface area contributed by atoms with E-state index in [4.69, 9.17) is 4.74 Å². The van der Waals surface area contributed by atoms with Gasteiger partial charge in [-0.1, -0.05) is 6.42 Å². The Bertz CT molecular complexity index is 203. The van der Waals surface area contributed by atoms with E-state index >= 15 is 0 Å². The molecule has 1 atom stereocenters. The summed E-state index contributed by atoms with van der Waals surface area (Å²) < 4.78 is 5.10. The van der Waals surface area contributed by atoms with E-state index in [2.05, 4.69) is 5.32 Å². The van der Waals surface area contributed by atoms with Gasteiger partial charge < -0.3 is 15.0 Å². The van der Waals surface area contributed by atoms with Gasteiger partial charge in [0.2, 0.25) is 5.91 Å². The fourth-order valence-electron chi connectivity index (χ4n) is 1.94. The largest absolute Gasteiger partial charge is 0.372 e. The lowest BCUT2D eigenvalue weighted by Crippen LogP contribution is -2.38. The van der Waals surface area contributed by atoms with Gasteiger partial charge in [0.15, 0.2) is 0 Å². The smallest absolute Gasteiger partial charge is 0.248 e. The van der Waals surface area contributed by atoms with Crippen LogP contribution in [0.15, 0.2) is 0 Å². The van der Waals surface area contributed by atoms with Gasteiger partial charge in [-0.2, -0.15) is 0 Å². The lowest BCUT2D eigenvalue weighted by atomic mass is 10.0. The van der Waals surface area contributed by atoms with Gasteiger partial charge in [0.1, 0.15) is 6.61 Å². The number of carbonyl (C=O) groups is 1. The molecule has 1 saturated heterocycles. The molecule has 0 aromatic rings. The third kappa shape index (κ3) is 4.94. The van der Waals surface area contributed by atoms with Crippen molar-refractivity contribution in [2.24, 2.45) is 0 Å². The van der Waals surface area contributed by atoms with Crippen molar-refractivity contribution in [2.75, 3.05) is 33.4 Å². The third-order valence-corrected chi connectivity index (χ3v) is 3.08. The number of rotatable bonds is 6. The van der Waals surface area contributed by atoms with E-state index in [0.717, 1.165) is 19.5 Å². The van der Waals surface area contributed by atoms with Crippen LogP contribution < -0.4 is 5.32 Å². The Balaban J connectivity index is 2.12. The minimum atomic E-state index is 0.0812. The summed E-state index contributed by atoms with van der Waals surface area (Å²) in [5, 5.41) is 3.49. The molecule has 1 amide bonds. The molecule has 0 bridgehead atoms. The van der Waals surface area contributed by atoms with Crippen molar-refractivity contribution < 1.29 is 9.53 Å². The highest BCUT2D eigenvalue weighted by Gasteiger charge is 2.14. The quantitative estimate of drug-likeness (QED) is 0.738. The van der Waals surface area contributed by atoms with Gasteiger partial charge in [-0.3, -0.25) is 4.79 Å². The second-order valence-electron chi connectivity index (χ2n) is 4.39. The van der Waals surface area contributed by atoms with Crippen LogP contribution in [0.3, 0.4) is 0 Å². The fourth-order valence-corrected chi connectivity index (χ4v) is 1.94.